The van der Waals surface area contributed by atoms with Crippen molar-refractivity contribution in [2.24, 2.45) is 0 Å². The van der Waals surface area contributed by atoms with Gasteiger partial charge in [0.25, 0.3) is 11.8 Å². The van der Waals surface area contributed by atoms with Crippen LogP contribution < -0.4 is 10.6 Å². The van der Waals surface area contributed by atoms with Crippen LogP contribution in [0.15, 0.2) is 30.5 Å². The number of aromatic nitrogens is 3. The third kappa shape index (κ3) is 3.13. The van der Waals surface area contributed by atoms with Gasteiger partial charge in [0.15, 0.2) is 5.69 Å². The maximum atomic E-state index is 11.9. The van der Waals surface area contributed by atoms with Gasteiger partial charge in [-0.2, -0.15) is 0 Å². The molecule has 7 heteroatoms. The number of nitrogens with one attached hydrogen (secondary N) is 2. The fourth-order valence-electron chi connectivity index (χ4n) is 2.01. The minimum absolute atomic E-state index is 0.114. The predicted octanol–water partition coefficient (Wildman–Crippen LogP) is 0.909. The van der Waals surface area contributed by atoms with Crippen molar-refractivity contribution in [3.05, 3.63) is 41.7 Å². The van der Waals surface area contributed by atoms with Gasteiger partial charge in [0, 0.05) is 18.2 Å². The summed E-state index contributed by atoms with van der Waals surface area (Å²) in [6.45, 7) is 2.46. The Morgan fingerprint density at radius 1 is 1.23 bits per heavy atom. The lowest BCUT2D eigenvalue weighted by Gasteiger charge is -2.04. The average molecular weight is 299 g/mol. The molecule has 1 aromatic heterocycles. The monoisotopic (exact) mass is 299 g/mol. The van der Waals surface area contributed by atoms with E-state index in [1.54, 1.807) is 30.5 Å². The maximum absolute atomic E-state index is 11.9. The first-order valence-electron chi connectivity index (χ1n) is 7.29. The fraction of sp³-hybridized carbons (Fsp3) is 0.333. The summed E-state index contributed by atoms with van der Waals surface area (Å²) in [5.74, 6) is -0.315. The molecule has 1 aliphatic rings. The van der Waals surface area contributed by atoms with Crippen molar-refractivity contribution in [1.82, 2.24) is 25.6 Å². The molecule has 0 atom stereocenters. The smallest absolute Gasteiger partial charge is 0.273 e. The summed E-state index contributed by atoms with van der Waals surface area (Å²) in [6, 6.07) is 7.25. The highest BCUT2D eigenvalue weighted by Crippen LogP contribution is 2.19. The second-order valence-electron chi connectivity index (χ2n) is 5.20. The van der Waals surface area contributed by atoms with Crippen molar-refractivity contribution in [2.75, 3.05) is 6.54 Å². The van der Waals surface area contributed by atoms with Crippen LogP contribution >= 0.6 is 0 Å². The zero-order valence-electron chi connectivity index (χ0n) is 12.2. The summed E-state index contributed by atoms with van der Waals surface area (Å²) in [5, 5.41) is 13.4. The van der Waals surface area contributed by atoms with Crippen molar-refractivity contribution in [3.8, 4) is 5.69 Å². The van der Waals surface area contributed by atoms with E-state index in [0.717, 1.165) is 18.5 Å². The third-order valence-corrected chi connectivity index (χ3v) is 3.37. The van der Waals surface area contributed by atoms with Crippen LogP contribution in [0.3, 0.4) is 0 Å². The average Bonchev–Trinajstić information content (AvgIpc) is 3.20. The number of benzene rings is 1. The van der Waals surface area contributed by atoms with E-state index in [9.17, 15) is 9.59 Å². The number of amides is 2. The van der Waals surface area contributed by atoms with E-state index in [0.29, 0.717) is 17.8 Å². The minimum atomic E-state index is -0.201. The molecule has 1 fully saturated rings. The fourth-order valence-corrected chi connectivity index (χ4v) is 2.01. The molecule has 22 heavy (non-hydrogen) atoms. The Morgan fingerprint density at radius 2 is 1.95 bits per heavy atom. The lowest BCUT2D eigenvalue weighted by atomic mass is 10.2. The molecule has 0 bridgehead atoms. The van der Waals surface area contributed by atoms with Crippen molar-refractivity contribution in [2.45, 2.75) is 25.8 Å². The topological polar surface area (TPSA) is 88.9 Å². The van der Waals surface area contributed by atoms with Crippen molar-refractivity contribution < 1.29 is 9.59 Å². The Balaban J connectivity index is 1.72. The van der Waals surface area contributed by atoms with Crippen LogP contribution in [0.5, 0.6) is 0 Å². The highest BCUT2D eigenvalue weighted by molar-refractivity contribution is 5.94. The Hall–Kier alpha value is -2.70. The van der Waals surface area contributed by atoms with Gasteiger partial charge in [0.2, 0.25) is 0 Å². The molecular weight excluding hydrogens is 282 g/mol. The van der Waals surface area contributed by atoms with E-state index in [4.69, 9.17) is 0 Å². The summed E-state index contributed by atoms with van der Waals surface area (Å²) in [4.78, 5) is 23.6. The second kappa shape index (κ2) is 5.97. The molecule has 0 radical (unpaired) electrons. The normalized spacial score (nSPS) is 13.7. The lowest BCUT2D eigenvalue weighted by Crippen LogP contribution is -2.25. The van der Waals surface area contributed by atoms with Crippen molar-refractivity contribution in [3.63, 3.8) is 0 Å². The van der Waals surface area contributed by atoms with Gasteiger partial charge in [-0.05, 0) is 44.0 Å². The molecular formula is C15H17N5O2. The molecule has 1 saturated carbocycles. The van der Waals surface area contributed by atoms with Gasteiger partial charge in [-0.3, -0.25) is 9.59 Å². The number of hydrogen-bond acceptors (Lipinski definition) is 4. The van der Waals surface area contributed by atoms with E-state index >= 15 is 0 Å². The van der Waals surface area contributed by atoms with Crippen LogP contribution in [-0.2, 0) is 0 Å². The van der Waals surface area contributed by atoms with E-state index in [2.05, 4.69) is 20.9 Å². The van der Waals surface area contributed by atoms with Crippen LogP contribution in [0.2, 0.25) is 0 Å². The Bertz CT molecular complexity index is 688. The molecule has 0 spiro atoms. The molecule has 114 valence electrons. The van der Waals surface area contributed by atoms with Crippen LogP contribution in [0.4, 0.5) is 0 Å². The van der Waals surface area contributed by atoms with E-state index < -0.39 is 0 Å². The number of nitrogens with zero attached hydrogens (tertiary/aromatic N) is 3. The van der Waals surface area contributed by atoms with Gasteiger partial charge in [0.05, 0.1) is 11.9 Å². The highest BCUT2D eigenvalue weighted by Gasteiger charge is 2.25. The Kier molecular flexibility index (Phi) is 3.86. The van der Waals surface area contributed by atoms with Crippen LogP contribution in [0, 0.1) is 0 Å². The Labute approximate surface area is 127 Å². The predicted molar refractivity (Wildman–Crippen MR) is 79.9 cm³/mol. The molecule has 2 amide bonds. The minimum Gasteiger partial charge on any atom is -0.352 e. The quantitative estimate of drug-likeness (QED) is 0.859. The SMILES string of the molecule is CCNC(=O)c1ccc(-n2cc(C(=O)NC3CC3)nn2)cc1. The molecule has 1 aromatic carbocycles. The first kappa shape index (κ1) is 14.2. The second-order valence-corrected chi connectivity index (χ2v) is 5.20. The third-order valence-electron chi connectivity index (χ3n) is 3.37. The maximum Gasteiger partial charge on any atom is 0.273 e. The van der Waals surface area contributed by atoms with Crippen molar-refractivity contribution >= 4 is 11.8 Å². The summed E-state index contributed by atoms with van der Waals surface area (Å²) in [7, 11) is 0. The largest absolute Gasteiger partial charge is 0.352 e. The number of hydrogen-bond donors (Lipinski definition) is 2. The number of carbonyl (C=O) groups excluding carboxylic acids is 2. The summed E-state index contributed by atoms with van der Waals surface area (Å²) in [5.41, 5.74) is 1.61. The standard InChI is InChI=1S/C15H17N5O2/c1-2-16-14(21)10-3-7-12(8-4-10)20-9-13(18-19-20)15(22)17-11-5-6-11/h3-4,7-9,11H,2,5-6H2,1H3,(H,16,21)(H,17,22). The molecule has 0 aliphatic heterocycles. The summed E-state index contributed by atoms with van der Waals surface area (Å²) < 4.78 is 1.52. The van der Waals surface area contributed by atoms with Crippen molar-refractivity contribution in [1.29, 1.82) is 0 Å². The van der Waals surface area contributed by atoms with Gasteiger partial charge < -0.3 is 10.6 Å². The number of rotatable bonds is 5. The van der Waals surface area contributed by atoms with Gasteiger partial charge in [0.1, 0.15) is 0 Å². The van der Waals surface area contributed by atoms with Crippen LogP contribution in [-0.4, -0.2) is 39.4 Å². The molecule has 1 aliphatic carbocycles. The lowest BCUT2D eigenvalue weighted by molar-refractivity contribution is 0.0941. The zero-order valence-corrected chi connectivity index (χ0v) is 12.2. The molecule has 0 unspecified atom stereocenters. The first-order valence-corrected chi connectivity index (χ1v) is 7.29. The van der Waals surface area contributed by atoms with E-state index in [1.807, 2.05) is 6.92 Å². The van der Waals surface area contributed by atoms with Gasteiger partial charge in [-0.1, -0.05) is 5.21 Å². The Morgan fingerprint density at radius 3 is 2.59 bits per heavy atom. The van der Waals surface area contributed by atoms with Gasteiger partial charge >= 0.3 is 0 Å². The molecule has 7 nitrogen and oxygen atoms in total. The number of carbonyl (C=O) groups is 2. The first-order chi connectivity index (χ1) is 10.7. The van der Waals surface area contributed by atoms with Crippen LogP contribution in [0.1, 0.15) is 40.6 Å². The molecule has 3 rings (SSSR count). The molecule has 1 heterocycles. The van der Waals surface area contributed by atoms with E-state index in [-0.39, 0.29) is 17.9 Å². The zero-order chi connectivity index (χ0) is 15.5. The summed E-state index contributed by atoms with van der Waals surface area (Å²) >= 11 is 0. The van der Waals surface area contributed by atoms with Crippen LogP contribution in [0.25, 0.3) is 5.69 Å². The molecule has 2 aromatic rings. The van der Waals surface area contributed by atoms with Gasteiger partial charge in [-0.15, -0.1) is 5.10 Å². The molecule has 0 saturated heterocycles. The highest BCUT2D eigenvalue weighted by atomic mass is 16.2. The van der Waals surface area contributed by atoms with E-state index in [1.165, 1.54) is 4.68 Å². The summed E-state index contributed by atoms with van der Waals surface area (Å²) in [6.07, 6.45) is 3.64. The molecule has 2 N–H and O–H groups in total. The van der Waals surface area contributed by atoms with Gasteiger partial charge in [-0.25, -0.2) is 4.68 Å².